The number of hydrogen-bond acceptors (Lipinski definition) is 3. The average Bonchev–Trinajstić information content (AvgIpc) is 2.05. The monoisotopic (exact) mass is 211 g/mol. The lowest BCUT2D eigenvalue weighted by Crippen LogP contribution is -2.26. The fourth-order valence-corrected chi connectivity index (χ4v) is 4.23. The van der Waals surface area contributed by atoms with Crippen LogP contribution >= 0.6 is 7.29 Å². The molecule has 72 valence electrons. The van der Waals surface area contributed by atoms with Gasteiger partial charge in [0.15, 0.2) is 9.84 Å². The molecule has 0 aliphatic carbocycles. The summed E-state index contributed by atoms with van der Waals surface area (Å²) in [5.41, 5.74) is 0. The molecule has 4 nitrogen and oxygen atoms in total. The Balaban J connectivity index is 2.55. The van der Waals surface area contributed by atoms with E-state index in [1.165, 1.54) is 0 Å². The van der Waals surface area contributed by atoms with E-state index in [1.807, 2.05) is 0 Å². The van der Waals surface area contributed by atoms with Gasteiger partial charge < -0.3 is 4.57 Å². The molecule has 1 N–H and O–H groups in total. The molecule has 0 aromatic heterocycles. The van der Waals surface area contributed by atoms with E-state index >= 15 is 0 Å². The summed E-state index contributed by atoms with van der Waals surface area (Å²) in [4.78, 5) is 0. The summed E-state index contributed by atoms with van der Waals surface area (Å²) in [5.74, 6) is 0.364. The maximum atomic E-state index is 11.3. The van der Waals surface area contributed by atoms with Gasteiger partial charge >= 0.3 is 0 Å². The molecule has 0 bridgehead atoms. The lowest BCUT2D eigenvalue weighted by atomic mass is 10.3. The van der Waals surface area contributed by atoms with Gasteiger partial charge in [-0.15, -0.1) is 0 Å². The van der Waals surface area contributed by atoms with Crippen LogP contribution in [0, 0.1) is 0 Å². The van der Waals surface area contributed by atoms with Crippen LogP contribution in [0.5, 0.6) is 0 Å². The van der Waals surface area contributed by atoms with Gasteiger partial charge in [-0.2, -0.15) is 0 Å². The van der Waals surface area contributed by atoms with E-state index in [0.29, 0.717) is 6.42 Å². The summed E-state index contributed by atoms with van der Waals surface area (Å²) in [6.07, 6.45) is 0.591. The lowest BCUT2D eigenvalue weighted by Gasteiger charge is -2.14. The minimum absolute atomic E-state index is 0.101. The molecule has 1 heterocycles. The molecule has 1 fully saturated rings. The molecule has 0 amide bonds. The van der Waals surface area contributed by atoms with Crippen LogP contribution in [0.2, 0.25) is 0 Å². The average molecular weight is 211 g/mol. The summed E-state index contributed by atoms with van der Waals surface area (Å²) in [6.45, 7) is 3.22. The first kappa shape index (κ1) is 10.2. The standard InChI is InChI=1S/C6H14NO3PS/c1-11(2,8)7-6-3-4-12(9,10)5-6/h6H,3-5H2,1-2H3,(H,7,8). The van der Waals surface area contributed by atoms with Crippen LogP contribution in [0.1, 0.15) is 6.42 Å². The Kier molecular flexibility index (Phi) is 2.66. The van der Waals surface area contributed by atoms with Crippen LogP contribution in [0.15, 0.2) is 0 Å². The van der Waals surface area contributed by atoms with Gasteiger partial charge in [0.1, 0.15) is 7.29 Å². The Morgan fingerprint density at radius 3 is 2.33 bits per heavy atom. The molecule has 1 saturated heterocycles. The minimum atomic E-state index is -2.85. The quantitative estimate of drug-likeness (QED) is 0.667. The molecular weight excluding hydrogens is 197 g/mol. The second-order valence-corrected chi connectivity index (χ2v) is 8.77. The SMILES string of the molecule is CP(C)(=O)NC1CCS(=O)(=O)C1. The topological polar surface area (TPSA) is 63.2 Å². The lowest BCUT2D eigenvalue weighted by molar-refractivity contribution is 0.559. The van der Waals surface area contributed by atoms with Crippen molar-refractivity contribution in [1.82, 2.24) is 5.09 Å². The van der Waals surface area contributed by atoms with E-state index in [9.17, 15) is 13.0 Å². The minimum Gasteiger partial charge on any atom is -0.307 e. The fraction of sp³-hybridized carbons (Fsp3) is 1.00. The first-order chi connectivity index (χ1) is 5.29. The third-order valence-electron chi connectivity index (χ3n) is 1.73. The Morgan fingerprint density at radius 2 is 2.00 bits per heavy atom. The Morgan fingerprint density at radius 1 is 1.42 bits per heavy atom. The van der Waals surface area contributed by atoms with Crippen molar-refractivity contribution >= 4 is 17.1 Å². The smallest absolute Gasteiger partial charge is 0.151 e. The zero-order valence-electron chi connectivity index (χ0n) is 7.28. The highest BCUT2D eigenvalue weighted by molar-refractivity contribution is 7.91. The van der Waals surface area contributed by atoms with Gasteiger partial charge in [-0.1, -0.05) is 0 Å². The van der Waals surface area contributed by atoms with E-state index < -0.39 is 17.1 Å². The van der Waals surface area contributed by atoms with Gasteiger partial charge in [-0.25, -0.2) is 8.42 Å². The number of sulfone groups is 1. The Labute approximate surface area is 73.1 Å². The van der Waals surface area contributed by atoms with Gasteiger partial charge in [0.05, 0.1) is 11.5 Å². The summed E-state index contributed by atoms with van der Waals surface area (Å²) in [5, 5.41) is 2.85. The van der Waals surface area contributed by atoms with Crippen molar-refractivity contribution in [3.63, 3.8) is 0 Å². The van der Waals surface area contributed by atoms with Crippen molar-refractivity contribution < 1.29 is 13.0 Å². The zero-order chi connectivity index (χ0) is 9.41. The van der Waals surface area contributed by atoms with Crippen molar-refractivity contribution in [3.05, 3.63) is 0 Å². The summed E-state index contributed by atoms with van der Waals surface area (Å²) in [6, 6.07) is -0.101. The third-order valence-corrected chi connectivity index (χ3v) is 4.48. The summed E-state index contributed by atoms with van der Waals surface area (Å²) >= 11 is 0. The van der Waals surface area contributed by atoms with Crippen molar-refractivity contribution in [2.75, 3.05) is 24.8 Å². The van der Waals surface area contributed by atoms with Crippen molar-refractivity contribution in [1.29, 1.82) is 0 Å². The van der Waals surface area contributed by atoms with Crippen molar-refractivity contribution in [2.45, 2.75) is 12.5 Å². The highest BCUT2D eigenvalue weighted by atomic mass is 32.2. The van der Waals surface area contributed by atoms with Crippen LogP contribution in [0.4, 0.5) is 0 Å². The van der Waals surface area contributed by atoms with E-state index in [4.69, 9.17) is 0 Å². The predicted octanol–water partition coefficient (Wildman–Crippen LogP) is 0.301. The van der Waals surface area contributed by atoms with E-state index in [1.54, 1.807) is 13.3 Å². The van der Waals surface area contributed by atoms with Crippen molar-refractivity contribution in [3.8, 4) is 0 Å². The molecule has 1 atom stereocenters. The van der Waals surface area contributed by atoms with Gasteiger partial charge in [-0.05, 0) is 6.42 Å². The second-order valence-electron chi connectivity index (χ2n) is 3.58. The van der Waals surface area contributed by atoms with Gasteiger partial charge in [0.25, 0.3) is 0 Å². The van der Waals surface area contributed by atoms with Crippen LogP contribution in [-0.2, 0) is 14.4 Å². The van der Waals surface area contributed by atoms with Crippen LogP contribution in [-0.4, -0.2) is 39.3 Å². The van der Waals surface area contributed by atoms with Gasteiger partial charge in [-0.3, -0.25) is 5.09 Å². The first-order valence-electron chi connectivity index (χ1n) is 3.82. The van der Waals surface area contributed by atoms with E-state index in [0.717, 1.165) is 0 Å². The van der Waals surface area contributed by atoms with Crippen LogP contribution in [0.25, 0.3) is 0 Å². The molecule has 1 aliphatic heterocycles. The van der Waals surface area contributed by atoms with Gasteiger partial charge in [0.2, 0.25) is 0 Å². The largest absolute Gasteiger partial charge is 0.307 e. The highest BCUT2D eigenvalue weighted by Gasteiger charge is 2.29. The summed E-state index contributed by atoms with van der Waals surface area (Å²) in [7, 11) is -5.14. The number of nitrogens with one attached hydrogen (secondary N) is 1. The molecule has 0 aromatic rings. The fourth-order valence-electron chi connectivity index (χ4n) is 1.34. The second kappa shape index (κ2) is 3.13. The third kappa shape index (κ3) is 3.25. The normalized spacial score (nSPS) is 29.0. The highest BCUT2D eigenvalue weighted by Crippen LogP contribution is 2.32. The molecule has 1 aliphatic rings. The number of hydrogen-bond donors (Lipinski definition) is 1. The zero-order valence-corrected chi connectivity index (χ0v) is 8.99. The first-order valence-corrected chi connectivity index (χ1v) is 8.24. The summed E-state index contributed by atoms with van der Waals surface area (Å²) < 4.78 is 33.3. The van der Waals surface area contributed by atoms with Crippen LogP contribution in [0.3, 0.4) is 0 Å². The maximum Gasteiger partial charge on any atom is 0.151 e. The molecule has 0 spiro atoms. The predicted molar refractivity (Wildman–Crippen MR) is 49.6 cm³/mol. The molecular formula is C6H14NO3PS. The molecule has 1 rings (SSSR count). The van der Waals surface area contributed by atoms with Gasteiger partial charge in [0, 0.05) is 19.4 Å². The Bertz CT molecular complexity index is 305. The molecule has 0 saturated carbocycles. The molecule has 1 unspecified atom stereocenters. The van der Waals surface area contributed by atoms with E-state index in [2.05, 4.69) is 5.09 Å². The van der Waals surface area contributed by atoms with Crippen LogP contribution < -0.4 is 5.09 Å². The van der Waals surface area contributed by atoms with Crippen molar-refractivity contribution in [2.24, 2.45) is 0 Å². The van der Waals surface area contributed by atoms with E-state index in [-0.39, 0.29) is 17.5 Å². The maximum absolute atomic E-state index is 11.3. The molecule has 12 heavy (non-hydrogen) atoms. The molecule has 0 radical (unpaired) electrons. The Hall–Kier alpha value is 0.140. The molecule has 0 aromatic carbocycles. The molecule has 6 heteroatoms. The number of rotatable bonds is 2.